The minimum Gasteiger partial charge on any atom is -0.298 e. The van der Waals surface area contributed by atoms with E-state index in [2.05, 4.69) is 10.3 Å². The third-order valence-electron chi connectivity index (χ3n) is 3.91. The monoisotopic (exact) mass is 423 g/mol. The van der Waals surface area contributed by atoms with Crippen LogP contribution in [0.3, 0.4) is 0 Å². The van der Waals surface area contributed by atoms with Crippen molar-refractivity contribution < 1.29 is 9.59 Å². The molecule has 0 saturated carbocycles. The normalized spacial score (nSPS) is 15.3. The number of nitrogens with one attached hydrogen (secondary N) is 1. The van der Waals surface area contributed by atoms with Gasteiger partial charge in [-0.1, -0.05) is 60.4 Å². The smallest absolute Gasteiger partial charge is 0.270 e. The van der Waals surface area contributed by atoms with Crippen LogP contribution in [0.4, 0.5) is 10.8 Å². The van der Waals surface area contributed by atoms with E-state index in [0.29, 0.717) is 25.6 Å². The molecule has 1 aliphatic rings. The molecule has 0 atom stereocenters. The van der Waals surface area contributed by atoms with Crippen molar-refractivity contribution in [3.05, 3.63) is 82.2 Å². The fourth-order valence-electron chi connectivity index (χ4n) is 2.63. The molecule has 1 aliphatic heterocycles. The fraction of sp³-hybridized carbons (Fsp3) is 0. The number of carbonyl (C=O) groups excluding carboxylic acids is 2. The SMILES string of the molecule is O=C(Nc1nccs1)c1cccc(N2C(=O)/C(=C/c3ccccc3)SC2=S)c1. The van der Waals surface area contributed by atoms with Gasteiger partial charge in [0.05, 0.1) is 10.6 Å². The zero-order valence-electron chi connectivity index (χ0n) is 14.4. The Morgan fingerprint density at radius 1 is 1.14 bits per heavy atom. The van der Waals surface area contributed by atoms with Crippen LogP contribution in [-0.2, 0) is 4.79 Å². The highest BCUT2D eigenvalue weighted by atomic mass is 32.2. The fourth-order valence-corrected chi connectivity index (χ4v) is 4.45. The van der Waals surface area contributed by atoms with Crippen molar-refractivity contribution in [3.8, 4) is 0 Å². The molecule has 3 aromatic rings. The first-order chi connectivity index (χ1) is 13.6. The van der Waals surface area contributed by atoms with Crippen LogP contribution in [0, 0.1) is 0 Å². The van der Waals surface area contributed by atoms with Crippen molar-refractivity contribution in [3.63, 3.8) is 0 Å². The summed E-state index contributed by atoms with van der Waals surface area (Å²) in [4.78, 5) is 31.4. The molecule has 8 heteroatoms. The highest BCUT2D eigenvalue weighted by Crippen LogP contribution is 2.36. The molecule has 2 aromatic carbocycles. The Morgan fingerprint density at radius 3 is 2.71 bits per heavy atom. The predicted octanol–water partition coefficient (Wildman–Crippen LogP) is 4.80. The quantitative estimate of drug-likeness (QED) is 0.482. The van der Waals surface area contributed by atoms with Crippen LogP contribution in [0.15, 0.2) is 71.1 Å². The van der Waals surface area contributed by atoms with Crippen LogP contribution in [0.2, 0.25) is 0 Å². The molecule has 138 valence electrons. The first-order valence-electron chi connectivity index (χ1n) is 8.26. The van der Waals surface area contributed by atoms with E-state index in [1.807, 2.05) is 36.4 Å². The molecule has 1 fully saturated rings. The number of amides is 2. The van der Waals surface area contributed by atoms with Crippen LogP contribution in [-0.4, -0.2) is 21.1 Å². The summed E-state index contributed by atoms with van der Waals surface area (Å²) in [5.74, 6) is -0.488. The van der Waals surface area contributed by atoms with Gasteiger partial charge in [0, 0.05) is 17.1 Å². The van der Waals surface area contributed by atoms with Crippen LogP contribution >= 0.6 is 35.3 Å². The average Bonchev–Trinajstić information content (AvgIpc) is 3.31. The molecule has 0 aliphatic carbocycles. The van der Waals surface area contributed by atoms with E-state index >= 15 is 0 Å². The van der Waals surface area contributed by atoms with Crippen molar-refractivity contribution >= 4 is 68.3 Å². The molecule has 1 N–H and O–H groups in total. The predicted molar refractivity (Wildman–Crippen MR) is 119 cm³/mol. The maximum absolute atomic E-state index is 12.9. The van der Waals surface area contributed by atoms with E-state index in [1.165, 1.54) is 28.0 Å². The van der Waals surface area contributed by atoms with Gasteiger partial charge in [0.25, 0.3) is 11.8 Å². The summed E-state index contributed by atoms with van der Waals surface area (Å²) in [6, 6.07) is 16.4. The maximum atomic E-state index is 12.9. The van der Waals surface area contributed by atoms with Crippen molar-refractivity contribution in [2.24, 2.45) is 0 Å². The minimum absolute atomic E-state index is 0.198. The molecule has 0 radical (unpaired) electrons. The van der Waals surface area contributed by atoms with Crippen LogP contribution < -0.4 is 10.2 Å². The summed E-state index contributed by atoms with van der Waals surface area (Å²) >= 11 is 8.00. The van der Waals surface area contributed by atoms with E-state index in [4.69, 9.17) is 12.2 Å². The lowest BCUT2D eigenvalue weighted by Crippen LogP contribution is -2.27. The number of thiazole rings is 1. The summed E-state index contributed by atoms with van der Waals surface area (Å²) < 4.78 is 0.435. The Labute approximate surface area is 175 Å². The molecule has 1 aromatic heterocycles. The maximum Gasteiger partial charge on any atom is 0.270 e. The van der Waals surface area contributed by atoms with Gasteiger partial charge in [-0.2, -0.15) is 0 Å². The van der Waals surface area contributed by atoms with Gasteiger partial charge in [0.1, 0.15) is 0 Å². The van der Waals surface area contributed by atoms with Crippen molar-refractivity contribution in [1.82, 2.24) is 4.98 Å². The lowest BCUT2D eigenvalue weighted by Gasteiger charge is -2.15. The average molecular weight is 424 g/mol. The lowest BCUT2D eigenvalue weighted by molar-refractivity contribution is -0.113. The third-order valence-corrected chi connectivity index (χ3v) is 5.90. The molecule has 0 bridgehead atoms. The van der Waals surface area contributed by atoms with Gasteiger partial charge in [-0.25, -0.2) is 4.98 Å². The number of carbonyl (C=O) groups is 2. The zero-order valence-corrected chi connectivity index (χ0v) is 16.8. The number of nitrogens with zero attached hydrogens (tertiary/aromatic N) is 2. The van der Waals surface area contributed by atoms with Gasteiger partial charge in [-0.3, -0.25) is 19.8 Å². The Bertz CT molecular complexity index is 1080. The second-order valence-corrected chi connectivity index (χ2v) is 8.34. The van der Waals surface area contributed by atoms with E-state index in [-0.39, 0.29) is 11.8 Å². The molecule has 2 amide bonds. The number of thiocarbonyl (C=S) groups is 1. The van der Waals surface area contributed by atoms with Crippen LogP contribution in [0.1, 0.15) is 15.9 Å². The number of rotatable bonds is 4. The summed E-state index contributed by atoms with van der Waals surface area (Å²) in [6.07, 6.45) is 3.44. The largest absolute Gasteiger partial charge is 0.298 e. The second-order valence-electron chi connectivity index (χ2n) is 5.77. The molecule has 28 heavy (non-hydrogen) atoms. The summed E-state index contributed by atoms with van der Waals surface area (Å²) in [5, 5.41) is 5.04. The lowest BCUT2D eigenvalue weighted by atomic mass is 10.1. The Kier molecular flexibility index (Phi) is 5.34. The minimum atomic E-state index is -0.290. The highest BCUT2D eigenvalue weighted by molar-refractivity contribution is 8.27. The molecular formula is C20H13N3O2S3. The standard InChI is InChI=1S/C20H13N3O2S3/c24-17(22-19-21-9-10-27-19)14-7-4-8-15(12-14)23-18(25)16(28-20(23)26)11-13-5-2-1-3-6-13/h1-12H,(H,21,22,24)/b16-11-. The molecule has 5 nitrogen and oxygen atoms in total. The topological polar surface area (TPSA) is 62.3 Å². The van der Waals surface area contributed by atoms with Crippen molar-refractivity contribution in [1.29, 1.82) is 0 Å². The van der Waals surface area contributed by atoms with Gasteiger partial charge in [0.2, 0.25) is 0 Å². The summed E-state index contributed by atoms with van der Waals surface area (Å²) in [5.41, 5.74) is 1.92. The van der Waals surface area contributed by atoms with Gasteiger partial charge in [-0.05, 0) is 29.8 Å². The number of hydrogen-bond donors (Lipinski definition) is 1. The number of thioether (sulfide) groups is 1. The zero-order chi connectivity index (χ0) is 19.5. The van der Waals surface area contributed by atoms with E-state index in [0.717, 1.165) is 5.56 Å². The van der Waals surface area contributed by atoms with Gasteiger partial charge < -0.3 is 0 Å². The first kappa shape index (κ1) is 18.5. The molecule has 2 heterocycles. The number of hydrogen-bond acceptors (Lipinski definition) is 6. The first-order valence-corrected chi connectivity index (χ1v) is 10.4. The Balaban J connectivity index is 1.59. The number of aromatic nitrogens is 1. The Hall–Kier alpha value is -2.81. The van der Waals surface area contributed by atoms with Gasteiger partial charge in [-0.15, -0.1) is 11.3 Å². The highest BCUT2D eigenvalue weighted by Gasteiger charge is 2.33. The van der Waals surface area contributed by atoms with Crippen LogP contribution in [0.25, 0.3) is 6.08 Å². The van der Waals surface area contributed by atoms with Crippen molar-refractivity contribution in [2.45, 2.75) is 0 Å². The molecule has 1 saturated heterocycles. The van der Waals surface area contributed by atoms with E-state index in [9.17, 15) is 9.59 Å². The number of anilines is 2. The van der Waals surface area contributed by atoms with E-state index in [1.54, 1.807) is 35.8 Å². The van der Waals surface area contributed by atoms with Crippen molar-refractivity contribution in [2.75, 3.05) is 10.2 Å². The second kappa shape index (κ2) is 8.05. The van der Waals surface area contributed by atoms with Crippen LogP contribution in [0.5, 0.6) is 0 Å². The van der Waals surface area contributed by atoms with Gasteiger partial charge >= 0.3 is 0 Å². The summed E-state index contributed by atoms with van der Waals surface area (Å²) in [7, 11) is 0. The third kappa shape index (κ3) is 3.89. The molecule has 0 spiro atoms. The van der Waals surface area contributed by atoms with E-state index < -0.39 is 0 Å². The van der Waals surface area contributed by atoms with Gasteiger partial charge in [0.15, 0.2) is 9.45 Å². The molecule has 0 unspecified atom stereocenters. The molecule has 4 rings (SSSR count). The molecular weight excluding hydrogens is 410 g/mol. The number of benzene rings is 2. The summed E-state index contributed by atoms with van der Waals surface area (Å²) in [6.45, 7) is 0. The Morgan fingerprint density at radius 2 is 1.96 bits per heavy atom.